The van der Waals surface area contributed by atoms with Gasteiger partial charge >= 0.3 is 0 Å². The zero-order valence-electron chi connectivity index (χ0n) is 16.4. The highest BCUT2D eigenvalue weighted by atomic mass is 32.2. The van der Waals surface area contributed by atoms with Crippen molar-refractivity contribution in [2.75, 3.05) is 23.0 Å². The van der Waals surface area contributed by atoms with Crippen molar-refractivity contribution in [3.05, 3.63) is 0 Å². The van der Waals surface area contributed by atoms with Crippen LogP contribution in [0, 0.1) is 10.8 Å². The number of rotatable bonds is 14. The fourth-order valence-corrected chi connectivity index (χ4v) is 5.09. The van der Waals surface area contributed by atoms with Crippen LogP contribution in [-0.2, 0) is 0 Å². The van der Waals surface area contributed by atoms with Crippen LogP contribution in [0.5, 0.6) is 0 Å². The lowest BCUT2D eigenvalue weighted by molar-refractivity contribution is 0.370. The number of hydrazone groups is 2. The molecule has 0 aromatic rings. The van der Waals surface area contributed by atoms with Gasteiger partial charge < -0.3 is 23.2 Å². The third kappa shape index (κ3) is 14.1. The van der Waals surface area contributed by atoms with E-state index < -0.39 is 0 Å². The molecule has 8 N–H and O–H groups in total. The quantitative estimate of drug-likeness (QED) is 0.119. The van der Waals surface area contributed by atoms with E-state index in [-0.39, 0.29) is 10.8 Å². The van der Waals surface area contributed by atoms with Crippen LogP contribution in [0.1, 0.15) is 59.8 Å². The third-order valence-corrected chi connectivity index (χ3v) is 6.21. The van der Waals surface area contributed by atoms with Crippen molar-refractivity contribution in [2.24, 2.45) is 44.2 Å². The molecule has 0 radical (unpaired) electrons. The fraction of sp³-hybridized carbons (Fsp3) is 0.882. The maximum Gasteiger partial charge on any atom is 0.119 e. The van der Waals surface area contributed by atoms with Gasteiger partial charge in [-0.3, -0.25) is 0 Å². The molecule has 0 bridgehead atoms. The van der Waals surface area contributed by atoms with Crippen molar-refractivity contribution < 1.29 is 0 Å². The molecule has 0 aliphatic carbocycles. The van der Waals surface area contributed by atoms with Crippen LogP contribution >= 0.6 is 23.5 Å². The molecule has 0 amide bonds. The van der Waals surface area contributed by atoms with Crippen molar-refractivity contribution in [3.8, 4) is 0 Å². The molecule has 0 rings (SSSR count). The molecule has 25 heavy (non-hydrogen) atoms. The van der Waals surface area contributed by atoms with Crippen molar-refractivity contribution >= 4 is 35.2 Å². The molecule has 0 spiro atoms. The summed E-state index contributed by atoms with van der Waals surface area (Å²) in [5.74, 6) is 16.2. The Morgan fingerprint density at radius 3 is 1.40 bits per heavy atom. The van der Waals surface area contributed by atoms with Gasteiger partial charge in [0.15, 0.2) is 0 Å². The molecule has 0 saturated carbocycles. The van der Waals surface area contributed by atoms with Crippen LogP contribution in [0.4, 0.5) is 0 Å². The highest BCUT2D eigenvalue weighted by Gasteiger charge is 2.20. The standard InChI is InChI=1S/C17H38N6S2/c1-16(2,12-14(18)22-20)6-10-24-8-5-9-25-11-7-17(3,4)13-15(19)23-21/h5-13,20-21H2,1-4H3,(H2,18,22)(H2,19,23). The summed E-state index contributed by atoms with van der Waals surface area (Å²) in [6.45, 7) is 8.85. The Balaban J connectivity index is 3.65. The lowest BCUT2D eigenvalue weighted by Crippen LogP contribution is -2.24. The Labute approximate surface area is 162 Å². The lowest BCUT2D eigenvalue weighted by Gasteiger charge is -2.24. The molecule has 0 aliphatic rings. The van der Waals surface area contributed by atoms with E-state index in [1.165, 1.54) is 17.9 Å². The molecule has 0 aromatic carbocycles. The summed E-state index contributed by atoms with van der Waals surface area (Å²) in [4.78, 5) is 0. The molecule has 0 fully saturated rings. The van der Waals surface area contributed by atoms with Gasteiger partial charge in [-0.2, -0.15) is 33.7 Å². The fourth-order valence-electron chi connectivity index (χ4n) is 2.41. The van der Waals surface area contributed by atoms with E-state index in [1.807, 2.05) is 23.5 Å². The Hall–Kier alpha value is -0.760. The van der Waals surface area contributed by atoms with Crippen molar-refractivity contribution in [1.82, 2.24) is 0 Å². The van der Waals surface area contributed by atoms with E-state index in [2.05, 4.69) is 37.9 Å². The molecule has 0 aromatic heterocycles. The van der Waals surface area contributed by atoms with E-state index in [0.29, 0.717) is 11.7 Å². The number of nitrogens with zero attached hydrogens (tertiary/aromatic N) is 2. The second-order valence-electron chi connectivity index (χ2n) is 8.00. The molecule has 0 atom stereocenters. The van der Waals surface area contributed by atoms with Gasteiger partial charge in [0.2, 0.25) is 0 Å². The largest absolute Gasteiger partial charge is 0.386 e. The van der Waals surface area contributed by atoms with E-state index >= 15 is 0 Å². The first-order valence-corrected chi connectivity index (χ1v) is 11.1. The molecule has 6 nitrogen and oxygen atoms in total. The van der Waals surface area contributed by atoms with Gasteiger partial charge in [0.1, 0.15) is 11.7 Å². The molecule has 8 heteroatoms. The second kappa shape index (κ2) is 12.6. The average molecular weight is 391 g/mol. The maximum atomic E-state index is 5.72. The van der Waals surface area contributed by atoms with Crippen molar-refractivity contribution in [2.45, 2.75) is 59.8 Å². The van der Waals surface area contributed by atoms with E-state index in [9.17, 15) is 0 Å². The second-order valence-corrected chi connectivity index (χ2v) is 10.5. The zero-order chi connectivity index (χ0) is 19.3. The van der Waals surface area contributed by atoms with Crippen LogP contribution in [0.25, 0.3) is 0 Å². The summed E-state index contributed by atoms with van der Waals surface area (Å²) in [7, 11) is 0. The van der Waals surface area contributed by atoms with Crippen LogP contribution in [-0.4, -0.2) is 34.7 Å². The predicted octanol–water partition coefficient (Wildman–Crippen LogP) is 2.92. The molecule has 0 aliphatic heterocycles. The minimum atomic E-state index is 0.162. The topological polar surface area (TPSA) is 129 Å². The number of nitrogens with two attached hydrogens (primary N) is 4. The highest BCUT2D eigenvalue weighted by Crippen LogP contribution is 2.28. The van der Waals surface area contributed by atoms with Gasteiger partial charge in [-0.1, -0.05) is 27.7 Å². The SMILES string of the molecule is CC(C)(CCSCCCSCCC(C)(C)C/C(N)=N/N)C/C(N)=N/N. The number of hydrogen-bond acceptors (Lipinski definition) is 6. The first-order valence-electron chi connectivity index (χ1n) is 8.82. The van der Waals surface area contributed by atoms with E-state index in [0.717, 1.165) is 37.2 Å². The third-order valence-electron chi connectivity index (χ3n) is 4.07. The maximum absolute atomic E-state index is 5.72. The summed E-state index contributed by atoms with van der Waals surface area (Å²) < 4.78 is 0. The Bertz CT molecular complexity index is 383. The Kier molecular flexibility index (Phi) is 12.2. The smallest absolute Gasteiger partial charge is 0.119 e. The zero-order valence-corrected chi connectivity index (χ0v) is 18.0. The monoisotopic (exact) mass is 390 g/mol. The molecule has 148 valence electrons. The van der Waals surface area contributed by atoms with E-state index in [1.54, 1.807) is 0 Å². The summed E-state index contributed by atoms with van der Waals surface area (Å²) in [6, 6.07) is 0. The van der Waals surface area contributed by atoms with Gasteiger partial charge in [0.05, 0.1) is 0 Å². The molecule has 0 unspecified atom stereocenters. The average Bonchev–Trinajstić information content (AvgIpc) is 2.51. The van der Waals surface area contributed by atoms with Crippen LogP contribution in [0.2, 0.25) is 0 Å². The van der Waals surface area contributed by atoms with Crippen LogP contribution in [0.3, 0.4) is 0 Å². The van der Waals surface area contributed by atoms with Crippen molar-refractivity contribution in [3.63, 3.8) is 0 Å². The first kappa shape index (κ1) is 24.2. The van der Waals surface area contributed by atoms with Gasteiger partial charge in [-0.05, 0) is 53.1 Å². The summed E-state index contributed by atoms with van der Waals surface area (Å²) in [5.41, 5.74) is 11.8. The van der Waals surface area contributed by atoms with E-state index in [4.69, 9.17) is 23.2 Å². The van der Waals surface area contributed by atoms with Crippen molar-refractivity contribution in [1.29, 1.82) is 0 Å². The highest BCUT2D eigenvalue weighted by molar-refractivity contribution is 8.00. The van der Waals surface area contributed by atoms with Gasteiger partial charge in [-0.25, -0.2) is 0 Å². The summed E-state index contributed by atoms with van der Waals surface area (Å²) in [5, 5.41) is 7.13. The van der Waals surface area contributed by atoms with Crippen LogP contribution in [0.15, 0.2) is 10.2 Å². The number of thioether (sulfide) groups is 2. The van der Waals surface area contributed by atoms with Gasteiger partial charge in [0, 0.05) is 12.8 Å². The summed E-state index contributed by atoms with van der Waals surface area (Å²) in [6.07, 6.45) is 5.01. The summed E-state index contributed by atoms with van der Waals surface area (Å²) >= 11 is 4.04. The van der Waals surface area contributed by atoms with Gasteiger partial charge in [0.25, 0.3) is 0 Å². The minimum Gasteiger partial charge on any atom is -0.386 e. The Morgan fingerprint density at radius 1 is 0.720 bits per heavy atom. The van der Waals surface area contributed by atoms with Crippen LogP contribution < -0.4 is 23.2 Å². The first-order chi connectivity index (χ1) is 11.6. The molecule has 0 saturated heterocycles. The molecular formula is C17H38N6S2. The molecular weight excluding hydrogens is 352 g/mol. The lowest BCUT2D eigenvalue weighted by atomic mass is 9.86. The molecule has 0 heterocycles. The Morgan fingerprint density at radius 2 is 1.08 bits per heavy atom. The van der Waals surface area contributed by atoms with Gasteiger partial charge in [-0.15, -0.1) is 0 Å². The minimum absolute atomic E-state index is 0.162. The normalized spacial score (nSPS) is 14.1. The number of amidine groups is 2. The number of hydrogen-bond donors (Lipinski definition) is 4. The predicted molar refractivity (Wildman–Crippen MR) is 117 cm³/mol.